The number of aryl methyl sites for hydroxylation is 1. The first kappa shape index (κ1) is 21.8. The quantitative estimate of drug-likeness (QED) is 0.434. The Morgan fingerprint density at radius 1 is 1.32 bits per heavy atom. The third-order valence-electron chi connectivity index (χ3n) is 5.82. The van der Waals surface area contributed by atoms with Crippen LogP contribution in [0, 0.1) is 12.8 Å². The number of hydrogen-bond donors (Lipinski definition) is 1. The summed E-state index contributed by atoms with van der Waals surface area (Å²) in [6.45, 7) is 9.85. The number of nitrogens with one attached hydrogen (secondary N) is 1. The number of piperidine rings is 1. The molecule has 0 amide bonds. The van der Waals surface area contributed by atoms with Crippen LogP contribution in [-0.2, 0) is 13.1 Å². The maximum absolute atomic E-state index is 5.99. The summed E-state index contributed by atoms with van der Waals surface area (Å²) >= 11 is 1.74. The number of guanidine groups is 1. The van der Waals surface area contributed by atoms with E-state index >= 15 is 0 Å². The molecule has 4 rings (SSSR count). The Hall–Kier alpha value is -2.38. The van der Waals surface area contributed by atoms with Crippen LogP contribution in [0.3, 0.4) is 0 Å². The SMILES string of the molecule is CCNC(=NCC1CCN(Cc2csc(C)n2)CC1)N(C)Cc1cc2ccccc2o1. The maximum atomic E-state index is 5.99. The van der Waals surface area contributed by atoms with E-state index in [4.69, 9.17) is 9.41 Å². The number of nitrogens with zero attached hydrogens (tertiary/aromatic N) is 4. The van der Waals surface area contributed by atoms with Crippen molar-refractivity contribution < 1.29 is 4.42 Å². The third-order valence-corrected chi connectivity index (χ3v) is 6.65. The number of rotatable bonds is 7. The van der Waals surface area contributed by atoms with Crippen LogP contribution in [0.4, 0.5) is 0 Å². The first-order valence-corrected chi connectivity index (χ1v) is 12.1. The van der Waals surface area contributed by atoms with Crippen LogP contribution < -0.4 is 5.32 Å². The minimum Gasteiger partial charge on any atom is -0.459 e. The molecule has 1 aliphatic heterocycles. The maximum Gasteiger partial charge on any atom is 0.194 e. The first-order chi connectivity index (χ1) is 15.1. The summed E-state index contributed by atoms with van der Waals surface area (Å²) in [7, 11) is 2.08. The molecule has 1 N–H and O–H groups in total. The van der Waals surface area contributed by atoms with Gasteiger partial charge in [-0.2, -0.15) is 0 Å². The van der Waals surface area contributed by atoms with Crippen molar-refractivity contribution in [3.63, 3.8) is 0 Å². The summed E-state index contributed by atoms with van der Waals surface area (Å²) in [5, 5.41) is 7.92. The lowest BCUT2D eigenvalue weighted by Crippen LogP contribution is -2.39. The van der Waals surface area contributed by atoms with Crippen LogP contribution in [0.15, 0.2) is 45.1 Å². The molecule has 0 bridgehead atoms. The largest absolute Gasteiger partial charge is 0.459 e. The Balaban J connectivity index is 1.30. The number of likely N-dealkylation sites (tertiary alicyclic amines) is 1. The number of thiazole rings is 1. The van der Waals surface area contributed by atoms with Crippen molar-refractivity contribution in [1.29, 1.82) is 0 Å². The fourth-order valence-electron chi connectivity index (χ4n) is 4.15. The molecule has 0 radical (unpaired) electrons. The molecular weight excluding hydrogens is 406 g/mol. The fraction of sp³-hybridized carbons (Fsp3) is 0.500. The summed E-state index contributed by atoms with van der Waals surface area (Å²) in [5.74, 6) is 2.55. The van der Waals surface area contributed by atoms with Gasteiger partial charge in [0.1, 0.15) is 11.3 Å². The van der Waals surface area contributed by atoms with E-state index < -0.39 is 0 Å². The van der Waals surface area contributed by atoms with Crippen molar-refractivity contribution in [3.05, 3.63) is 52.2 Å². The standard InChI is InChI=1S/C24H33N5OS/c1-4-25-24(28(3)16-22-13-20-7-5-6-8-23(20)30-22)26-14-19-9-11-29(12-10-19)15-21-17-31-18(2)27-21/h5-8,13,17,19H,4,9-12,14-16H2,1-3H3,(H,25,26). The Bertz CT molecular complexity index is 969. The number of hydrogen-bond acceptors (Lipinski definition) is 5. The summed E-state index contributed by atoms with van der Waals surface area (Å²) in [4.78, 5) is 14.2. The van der Waals surface area contributed by atoms with E-state index in [1.807, 2.05) is 18.2 Å². The van der Waals surface area contributed by atoms with E-state index in [0.717, 1.165) is 60.4 Å². The average molecular weight is 440 g/mol. The molecule has 31 heavy (non-hydrogen) atoms. The summed E-state index contributed by atoms with van der Waals surface area (Å²) in [6, 6.07) is 10.3. The molecule has 2 aromatic heterocycles. The lowest BCUT2D eigenvalue weighted by atomic mass is 9.97. The van der Waals surface area contributed by atoms with Gasteiger partial charge in [-0.05, 0) is 57.8 Å². The van der Waals surface area contributed by atoms with Gasteiger partial charge in [-0.1, -0.05) is 18.2 Å². The van der Waals surface area contributed by atoms with Crippen molar-refractivity contribution in [3.8, 4) is 0 Å². The van der Waals surface area contributed by atoms with Gasteiger partial charge in [-0.25, -0.2) is 4.98 Å². The van der Waals surface area contributed by atoms with Crippen LogP contribution in [0.5, 0.6) is 0 Å². The number of aliphatic imine (C=N–C) groups is 1. The Labute approximate surface area is 189 Å². The first-order valence-electron chi connectivity index (χ1n) is 11.2. The highest BCUT2D eigenvalue weighted by Crippen LogP contribution is 2.21. The highest BCUT2D eigenvalue weighted by Gasteiger charge is 2.20. The highest BCUT2D eigenvalue weighted by atomic mass is 32.1. The normalized spacial score (nSPS) is 16.2. The van der Waals surface area contributed by atoms with Gasteiger partial charge >= 0.3 is 0 Å². The number of benzene rings is 1. The molecule has 0 unspecified atom stereocenters. The minimum absolute atomic E-state index is 0.640. The number of furan rings is 1. The van der Waals surface area contributed by atoms with Gasteiger partial charge in [0.25, 0.3) is 0 Å². The highest BCUT2D eigenvalue weighted by molar-refractivity contribution is 7.09. The summed E-state index contributed by atoms with van der Waals surface area (Å²) in [5.41, 5.74) is 2.15. The minimum atomic E-state index is 0.640. The molecule has 3 heterocycles. The monoisotopic (exact) mass is 439 g/mol. The third kappa shape index (κ3) is 5.86. The molecule has 1 aromatic carbocycles. The zero-order valence-corrected chi connectivity index (χ0v) is 19.6. The molecule has 166 valence electrons. The second-order valence-corrected chi connectivity index (χ2v) is 9.44. The lowest BCUT2D eigenvalue weighted by molar-refractivity contribution is 0.179. The molecular formula is C24H33N5OS. The van der Waals surface area contributed by atoms with Crippen molar-refractivity contribution >= 4 is 28.3 Å². The van der Waals surface area contributed by atoms with Crippen LogP contribution >= 0.6 is 11.3 Å². The molecule has 1 fully saturated rings. The zero-order valence-electron chi connectivity index (χ0n) is 18.8. The van der Waals surface area contributed by atoms with Crippen LogP contribution in [-0.4, -0.2) is 54.0 Å². The van der Waals surface area contributed by atoms with Crippen molar-refractivity contribution in [2.75, 3.05) is 33.2 Å². The molecule has 0 saturated carbocycles. The topological polar surface area (TPSA) is 56.9 Å². The van der Waals surface area contributed by atoms with E-state index in [9.17, 15) is 0 Å². The molecule has 6 nitrogen and oxygen atoms in total. The van der Waals surface area contributed by atoms with E-state index in [0.29, 0.717) is 12.5 Å². The van der Waals surface area contributed by atoms with E-state index in [1.165, 1.54) is 18.5 Å². The summed E-state index contributed by atoms with van der Waals surface area (Å²) in [6.07, 6.45) is 2.39. The second kappa shape index (κ2) is 10.3. The van der Waals surface area contributed by atoms with Gasteiger partial charge in [0.05, 0.1) is 17.2 Å². The van der Waals surface area contributed by atoms with Crippen molar-refractivity contribution in [1.82, 2.24) is 20.1 Å². The van der Waals surface area contributed by atoms with Gasteiger partial charge in [-0.3, -0.25) is 9.89 Å². The van der Waals surface area contributed by atoms with Crippen molar-refractivity contribution in [2.24, 2.45) is 10.9 Å². The van der Waals surface area contributed by atoms with Crippen molar-refractivity contribution in [2.45, 2.75) is 39.8 Å². The molecule has 1 saturated heterocycles. The number of aromatic nitrogens is 1. The van der Waals surface area contributed by atoms with Gasteiger partial charge in [0, 0.05) is 37.4 Å². The van der Waals surface area contributed by atoms with Crippen LogP contribution in [0.25, 0.3) is 11.0 Å². The predicted molar refractivity (Wildman–Crippen MR) is 129 cm³/mol. The lowest BCUT2D eigenvalue weighted by Gasteiger charge is -2.31. The number of fused-ring (bicyclic) bond motifs is 1. The number of para-hydroxylation sites is 1. The van der Waals surface area contributed by atoms with E-state index in [-0.39, 0.29) is 0 Å². The van der Waals surface area contributed by atoms with Gasteiger partial charge < -0.3 is 14.6 Å². The molecule has 7 heteroatoms. The summed E-state index contributed by atoms with van der Waals surface area (Å²) < 4.78 is 5.99. The van der Waals surface area contributed by atoms with Gasteiger partial charge in [0.2, 0.25) is 0 Å². The molecule has 0 aliphatic carbocycles. The Morgan fingerprint density at radius 3 is 2.84 bits per heavy atom. The second-order valence-electron chi connectivity index (χ2n) is 8.38. The van der Waals surface area contributed by atoms with Gasteiger partial charge in [-0.15, -0.1) is 11.3 Å². The zero-order chi connectivity index (χ0) is 21.6. The van der Waals surface area contributed by atoms with E-state index in [1.54, 1.807) is 11.3 Å². The average Bonchev–Trinajstić information content (AvgIpc) is 3.37. The van der Waals surface area contributed by atoms with Gasteiger partial charge in [0.15, 0.2) is 5.96 Å². The molecule has 0 atom stereocenters. The fourth-order valence-corrected chi connectivity index (χ4v) is 4.75. The molecule has 1 aliphatic rings. The van der Waals surface area contributed by atoms with E-state index in [2.05, 4.69) is 58.5 Å². The Kier molecular flexibility index (Phi) is 7.25. The van der Waals surface area contributed by atoms with Crippen LogP contribution in [0.1, 0.15) is 36.2 Å². The van der Waals surface area contributed by atoms with Crippen LogP contribution in [0.2, 0.25) is 0 Å². The predicted octanol–water partition coefficient (Wildman–Crippen LogP) is 4.51. The molecule has 3 aromatic rings. The smallest absolute Gasteiger partial charge is 0.194 e. The Morgan fingerprint density at radius 2 is 2.13 bits per heavy atom. The molecule has 0 spiro atoms.